The van der Waals surface area contributed by atoms with Gasteiger partial charge in [-0.25, -0.2) is 0 Å². The van der Waals surface area contributed by atoms with Crippen molar-refractivity contribution in [3.8, 4) is 0 Å². The van der Waals surface area contributed by atoms with Crippen LogP contribution in [-0.4, -0.2) is 25.3 Å². The van der Waals surface area contributed by atoms with Crippen LogP contribution in [0.3, 0.4) is 0 Å². The first-order valence-electron chi connectivity index (χ1n) is 5.15. The van der Waals surface area contributed by atoms with Gasteiger partial charge in [-0.1, -0.05) is 30.3 Å². The van der Waals surface area contributed by atoms with Crippen LogP contribution in [0, 0.1) is 0 Å². The van der Waals surface area contributed by atoms with Crippen LogP contribution in [0.1, 0.15) is 19.8 Å². The Morgan fingerprint density at radius 3 is 2.41 bits per heavy atom. The fraction of sp³-hybridized carbons (Fsp3) is 0.455. The second kappa shape index (κ2) is 9.08. The zero-order chi connectivity index (χ0) is 11.9. The monoisotopic (exact) mass is 268 g/mol. The van der Waals surface area contributed by atoms with Crippen molar-refractivity contribution >= 4 is 10.1 Å². The van der Waals surface area contributed by atoms with Crippen LogP contribution in [0.5, 0.6) is 0 Å². The maximum atomic E-state index is 10.4. The van der Waals surface area contributed by atoms with Crippen molar-refractivity contribution in [1.29, 1.82) is 0 Å². The quantitative estimate of drug-likeness (QED) is 0.391. The van der Waals surface area contributed by atoms with Gasteiger partial charge in [-0.3, -0.25) is 4.55 Å². The molecule has 6 heteroatoms. The van der Waals surface area contributed by atoms with E-state index in [1.807, 2.05) is 30.3 Å². The molecule has 0 unspecified atom stereocenters. The molecule has 1 aromatic carbocycles. The molecule has 0 aromatic heterocycles. The summed E-state index contributed by atoms with van der Waals surface area (Å²) in [4.78, 5) is 0. The molecular formula is C11H17NaO4S. The summed E-state index contributed by atoms with van der Waals surface area (Å²) >= 11 is 0. The molecule has 0 spiro atoms. The zero-order valence-electron chi connectivity index (χ0n) is 11.0. The predicted molar refractivity (Wildman–Crippen MR) is 62.9 cm³/mol. The Hall–Kier alpha value is 0.0900. The van der Waals surface area contributed by atoms with Crippen LogP contribution in [0.25, 0.3) is 0 Å². The molecule has 0 heterocycles. The van der Waals surface area contributed by atoms with Crippen LogP contribution < -0.4 is 29.6 Å². The third-order valence-electron chi connectivity index (χ3n) is 2.05. The van der Waals surface area contributed by atoms with E-state index in [1.165, 1.54) is 0 Å². The molecule has 92 valence electrons. The molecule has 0 saturated heterocycles. The summed E-state index contributed by atoms with van der Waals surface area (Å²) in [6, 6.07) is 9.76. The van der Waals surface area contributed by atoms with Crippen molar-refractivity contribution in [2.75, 3.05) is 12.4 Å². The van der Waals surface area contributed by atoms with Crippen molar-refractivity contribution in [1.82, 2.24) is 0 Å². The van der Waals surface area contributed by atoms with Gasteiger partial charge >= 0.3 is 29.6 Å². The third kappa shape index (κ3) is 9.76. The summed E-state index contributed by atoms with van der Waals surface area (Å²) in [5, 5.41) is 0. The number of hydrogen-bond donors (Lipinski definition) is 1. The summed E-state index contributed by atoms with van der Waals surface area (Å²) in [7, 11) is -3.82. The Balaban J connectivity index is 0. The van der Waals surface area contributed by atoms with Crippen LogP contribution in [0.2, 0.25) is 0 Å². The molecule has 17 heavy (non-hydrogen) atoms. The minimum Gasteiger partial charge on any atom is -1.00 e. The van der Waals surface area contributed by atoms with E-state index in [0.29, 0.717) is 26.1 Å². The van der Waals surface area contributed by atoms with Crippen molar-refractivity contribution < 1.29 is 48.7 Å². The molecule has 0 radical (unpaired) electrons. The average molecular weight is 268 g/mol. The largest absolute Gasteiger partial charge is 1.00 e. The molecule has 1 aromatic rings. The Labute approximate surface area is 126 Å². The standard InChI is InChI=1S/C11H16O4S.Na.H/c12-16(13,14)9-5-4-8-15-10-11-6-2-1-3-7-11;;/h1-3,6-7H,4-5,8-10H2,(H,12,13,14);;/q;+1;-1. The molecule has 0 bridgehead atoms. The Bertz CT molecular complexity index is 397. The van der Waals surface area contributed by atoms with Gasteiger partial charge in [0.25, 0.3) is 10.1 Å². The Morgan fingerprint density at radius 2 is 1.82 bits per heavy atom. The van der Waals surface area contributed by atoms with Crippen molar-refractivity contribution in [3.63, 3.8) is 0 Å². The maximum absolute atomic E-state index is 10.4. The Morgan fingerprint density at radius 1 is 1.18 bits per heavy atom. The smallest absolute Gasteiger partial charge is 1.00 e. The van der Waals surface area contributed by atoms with Crippen molar-refractivity contribution in [2.24, 2.45) is 0 Å². The second-order valence-corrected chi connectivity index (χ2v) is 5.10. The predicted octanol–water partition coefficient (Wildman–Crippen LogP) is -1.01. The molecular weight excluding hydrogens is 251 g/mol. The minimum absolute atomic E-state index is 0. The summed E-state index contributed by atoms with van der Waals surface area (Å²) in [5.74, 6) is -0.193. The molecule has 0 atom stereocenters. The van der Waals surface area contributed by atoms with Gasteiger partial charge in [0.15, 0.2) is 0 Å². The first-order chi connectivity index (χ1) is 7.58. The fourth-order valence-corrected chi connectivity index (χ4v) is 1.82. The molecule has 4 nitrogen and oxygen atoms in total. The zero-order valence-corrected chi connectivity index (χ0v) is 12.8. The minimum atomic E-state index is -3.82. The summed E-state index contributed by atoms with van der Waals surface area (Å²) in [5.41, 5.74) is 1.09. The second-order valence-electron chi connectivity index (χ2n) is 3.53. The van der Waals surface area contributed by atoms with Crippen LogP contribution in [0.4, 0.5) is 0 Å². The number of benzene rings is 1. The topological polar surface area (TPSA) is 63.6 Å². The first kappa shape index (κ1) is 17.1. The van der Waals surface area contributed by atoms with Crippen LogP contribution in [0.15, 0.2) is 30.3 Å². The SMILES string of the molecule is O=S(=O)(O)CCCCOCc1ccccc1.[H-].[Na+]. The molecule has 0 aliphatic heterocycles. The fourth-order valence-electron chi connectivity index (χ4n) is 1.25. The van der Waals surface area contributed by atoms with Crippen LogP contribution in [-0.2, 0) is 21.5 Å². The molecule has 0 aliphatic carbocycles. The van der Waals surface area contributed by atoms with Gasteiger partial charge in [0.05, 0.1) is 12.4 Å². The van der Waals surface area contributed by atoms with Crippen molar-refractivity contribution in [3.05, 3.63) is 35.9 Å². The molecule has 0 amide bonds. The summed E-state index contributed by atoms with van der Waals surface area (Å²) < 4.78 is 34.6. The number of rotatable bonds is 7. The maximum Gasteiger partial charge on any atom is 1.00 e. The normalized spacial score (nSPS) is 10.9. The molecule has 1 N–H and O–H groups in total. The van der Waals surface area contributed by atoms with Gasteiger partial charge in [-0.05, 0) is 18.4 Å². The average Bonchev–Trinajstić information content (AvgIpc) is 2.23. The van der Waals surface area contributed by atoms with E-state index in [1.54, 1.807) is 0 Å². The van der Waals surface area contributed by atoms with Crippen molar-refractivity contribution in [2.45, 2.75) is 19.4 Å². The molecule has 1 rings (SSSR count). The van der Waals surface area contributed by atoms with E-state index >= 15 is 0 Å². The molecule has 0 aliphatic rings. The van der Waals surface area contributed by atoms with Crippen LogP contribution >= 0.6 is 0 Å². The van der Waals surface area contributed by atoms with Gasteiger partial charge in [-0.15, -0.1) is 0 Å². The van der Waals surface area contributed by atoms with E-state index in [0.717, 1.165) is 5.56 Å². The van der Waals surface area contributed by atoms with Gasteiger partial charge in [0.1, 0.15) is 0 Å². The van der Waals surface area contributed by atoms with Gasteiger partial charge in [-0.2, -0.15) is 8.42 Å². The van der Waals surface area contributed by atoms with E-state index in [4.69, 9.17) is 9.29 Å². The number of hydrogen-bond acceptors (Lipinski definition) is 3. The summed E-state index contributed by atoms with van der Waals surface area (Å²) in [6.07, 6.45) is 1.06. The Kier molecular flexibility index (Phi) is 9.13. The molecule has 0 saturated carbocycles. The third-order valence-corrected chi connectivity index (χ3v) is 2.86. The summed E-state index contributed by atoms with van der Waals surface area (Å²) in [6.45, 7) is 1.04. The van der Waals surface area contributed by atoms with Gasteiger partial charge in [0, 0.05) is 6.61 Å². The van der Waals surface area contributed by atoms with Gasteiger partial charge < -0.3 is 6.16 Å². The van der Waals surface area contributed by atoms with E-state index in [2.05, 4.69) is 0 Å². The van der Waals surface area contributed by atoms with E-state index in [9.17, 15) is 8.42 Å². The van der Waals surface area contributed by atoms with E-state index < -0.39 is 10.1 Å². The number of unbranched alkanes of at least 4 members (excludes halogenated alkanes) is 1. The van der Waals surface area contributed by atoms with Gasteiger partial charge in [0.2, 0.25) is 0 Å². The molecule has 0 fully saturated rings. The number of ether oxygens (including phenoxy) is 1. The van der Waals surface area contributed by atoms with E-state index in [-0.39, 0.29) is 36.7 Å². The first-order valence-corrected chi connectivity index (χ1v) is 6.76.